The van der Waals surface area contributed by atoms with Gasteiger partial charge in [-0.05, 0) is 0 Å². The Hall–Kier alpha value is -2.18. The minimum Gasteiger partial charge on any atom is -0.318 e. The van der Waals surface area contributed by atoms with Crippen LogP contribution in [0.3, 0.4) is 0 Å². The van der Waals surface area contributed by atoms with E-state index in [0.29, 0.717) is 5.65 Å². The summed E-state index contributed by atoms with van der Waals surface area (Å²) in [6.07, 6.45) is 1.50. The van der Waals surface area contributed by atoms with E-state index in [1.165, 1.54) is 6.33 Å². The molecular weight excluding hydrogens is 222 g/mol. The van der Waals surface area contributed by atoms with Crippen molar-refractivity contribution >= 4 is 23.0 Å². The fourth-order valence-electron chi connectivity index (χ4n) is 1.34. The van der Waals surface area contributed by atoms with E-state index in [2.05, 4.69) is 20.3 Å². The minimum absolute atomic E-state index is 0.143. The van der Waals surface area contributed by atoms with Gasteiger partial charge in [-0.2, -0.15) is 4.98 Å². The first-order valence-corrected chi connectivity index (χ1v) is 5.21. The lowest BCUT2D eigenvalue weighted by molar-refractivity contribution is -0.118. The van der Waals surface area contributed by atoms with Gasteiger partial charge in [0.2, 0.25) is 11.9 Å². The first-order chi connectivity index (χ1) is 7.99. The van der Waals surface area contributed by atoms with Crippen molar-refractivity contribution in [2.45, 2.75) is 13.8 Å². The molecule has 0 radical (unpaired) electrons. The number of anilines is 1. The molecule has 7 nitrogen and oxygen atoms in total. The fraction of sp³-hybridized carbons (Fsp3) is 0.400. The van der Waals surface area contributed by atoms with Crippen LogP contribution < -0.4 is 10.9 Å². The number of aryl methyl sites for hydroxylation is 1. The zero-order chi connectivity index (χ0) is 12.6. The quantitative estimate of drug-likeness (QED) is 0.780. The third-order valence-electron chi connectivity index (χ3n) is 2.34. The van der Waals surface area contributed by atoms with Gasteiger partial charge in [0.05, 0.1) is 6.33 Å². The predicted octanol–water partition coefficient (Wildman–Crippen LogP) is 0.251. The molecule has 17 heavy (non-hydrogen) atoms. The number of hydrogen-bond acceptors (Lipinski definition) is 4. The summed E-state index contributed by atoms with van der Waals surface area (Å²) < 4.78 is 1.62. The SMILES string of the molecule is CC(C)C(=O)Nc1nc2c(ncn2C)c(=O)[nH]1. The Labute approximate surface area is 96.9 Å². The minimum atomic E-state index is -0.366. The predicted molar refractivity (Wildman–Crippen MR) is 62.6 cm³/mol. The van der Waals surface area contributed by atoms with Crippen LogP contribution in [0.2, 0.25) is 0 Å². The van der Waals surface area contributed by atoms with Gasteiger partial charge in [0, 0.05) is 13.0 Å². The number of fused-ring (bicyclic) bond motifs is 1. The maximum atomic E-state index is 11.6. The molecule has 0 spiro atoms. The zero-order valence-corrected chi connectivity index (χ0v) is 9.81. The molecule has 7 heteroatoms. The molecule has 1 amide bonds. The average molecular weight is 235 g/mol. The number of aromatic amines is 1. The monoisotopic (exact) mass is 235 g/mol. The number of H-pyrrole nitrogens is 1. The van der Waals surface area contributed by atoms with Crippen molar-refractivity contribution in [2.24, 2.45) is 13.0 Å². The van der Waals surface area contributed by atoms with Gasteiger partial charge in [-0.25, -0.2) is 4.98 Å². The first kappa shape index (κ1) is 11.3. The highest BCUT2D eigenvalue weighted by molar-refractivity contribution is 5.90. The van der Waals surface area contributed by atoms with Crippen LogP contribution in [0.25, 0.3) is 11.2 Å². The highest BCUT2D eigenvalue weighted by Crippen LogP contribution is 2.06. The number of carbonyl (C=O) groups excluding carboxylic acids is 1. The smallest absolute Gasteiger partial charge is 0.280 e. The van der Waals surface area contributed by atoms with Crippen LogP contribution in [0.15, 0.2) is 11.1 Å². The van der Waals surface area contributed by atoms with Crippen molar-refractivity contribution in [2.75, 3.05) is 5.32 Å². The Balaban J connectivity index is 2.46. The molecule has 0 fully saturated rings. The molecule has 90 valence electrons. The van der Waals surface area contributed by atoms with E-state index in [1.54, 1.807) is 25.5 Å². The van der Waals surface area contributed by atoms with Gasteiger partial charge in [-0.3, -0.25) is 19.9 Å². The standard InChI is InChI=1S/C10H13N5O2/c1-5(2)8(16)13-10-12-7-6(9(17)14-10)11-4-15(7)3/h4-5H,1-3H3,(H2,12,13,14,16,17). The summed E-state index contributed by atoms with van der Waals surface area (Å²) in [4.78, 5) is 33.7. The normalized spacial score (nSPS) is 11.1. The molecule has 0 saturated heterocycles. The molecule has 0 aliphatic heterocycles. The van der Waals surface area contributed by atoms with Gasteiger partial charge in [0.1, 0.15) is 0 Å². The Morgan fingerprint density at radius 2 is 2.24 bits per heavy atom. The first-order valence-electron chi connectivity index (χ1n) is 5.21. The third kappa shape index (κ3) is 2.03. The van der Waals surface area contributed by atoms with Crippen LogP contribution in [0, 0.1) is 5.92 Å². The summed E-state index contributed by atoms with van der Waals surface area (Å²) in [6.45, 7) is 3.52. The molecular formula is C10H13N5O2. The summed E-state index contributed by atoms with van der Waals surface area (Å²) in [7, 11) is 1.73. The highest BCUT2D eigenvalue weighted by atomic mass is 16.2. The summed E-state index contributed by atoms with van der Waals surface area (Å²) in [5.41, 5.74) is 0.331. The van der Waals surface area contributed by atoms with Crippen LogP contribution in [0.4, 0.5) is 5.95 Å². The lowest BCUT2D eigenvalue weighted by atomic mass is 10.2. The molecule has 0 aliphatic carbocycles. The van der Waals surface area contributed by atoms with E-state index in [9.17, 15) is 9.59 Å². The van der Waals surface area contributed by atoms with Crippen molar-refractivity contribution in [3.63, 3.8) is 0 Å². The van der Waals surface area contributed by atoms with Gasteiger partial charge >= 0.3 is 0 Å². The number of nitrogens with one attached hydrogen (secondary N) is 2. The van der Waals surface area contributed by atoms with Gasteiger partial charge in [-0.15, -0.1) is 0 Å². The van der Waals surface area contributed by atoms with E-state index in [-0.39, 0.29) is 28.8 Å². The molecule has 0 aliphatic rings. The summed E-state index contributed by atoms with van der Waals surface area (Å²) >= 11 is 0. The lowest BCUT2D eigenvalue weighted by Crippen LogP contribution is -2.22. The van der Waals surface area contributed by atoms with Gasteiger partial charge in [-0.1, -0.05) is 13.8 Å². The molecule has 2 N–H and O–H groups in total. The number of hydrogen-bond donors (Lipinski definition) is 2. The average Bonchev–Trinajstić information content (AvgIpc) is 2.61. The number of nitrogens with zero attached hydrogens (tertiary/aromatic N) is 3. The van der Waals surface area contributed by atoms with E-state index < -0.39 is 0 Å². The zero-order valence-electron chi connectivity index (χ0n) is 9.81. The number of carbonyl (C=O) groups is 1. The van der Waals surface area contributed by atoms with E-state index >= 15 is 0 Å². The third-order valence-corrected chi connectivity index (χ3v) is 2.34. The molecule has 0 saturated carbocycles. The molecule has 0 bridgehead atoms. The largest absolute Gasteiger partial charge is 0.318 e. The van der Waals surface area contributed by atoms with E-state index in [0.717, 1.165) is 0 Å². The van der Waals surface area contributed by atoms with Crippen LogP contribution >= 0.6 is 0 Å². The Morgan fingerprint density at radius 1 is 1.53 bits per heavy atom. The summed E-state index contributed by atoms with van der Waals surface area (Å²) in [5.74, 6) is -0.234. The second-order valence-electron chi connectivity index (χ2n) is 4.09. The van der Waals surface area contributed by atoms with Gasteiger partial charge in [0.15, 0.2) is 11.2 Å². The maximum Gasteiger partial charge on any atom is 0.280 e. The van der Waals surface area contributed by atoms with Crippen LogP contribution in [-0.4, -0.2) is 25.4 Å². The second-order valence-corrected chi connectivity index (χ2v) is 4.09. The van der Waals surface area contributed by atoms with Crippen molar-refractivity contribution in [3.8, 4) is 0 Å². The van der Waals surface area contributed by atoms with Crippen molar-refractivity contribution in [1.29, 1.82) is 0 Å². The molecule has 2 aromatic rings. The van der Waals surface area contributed by atoms with Crippen molar-refractivity contribution in [1.82, 2.24) is 19.5 Å². The Kier molecular flexibility index (Phi) is 2.66. The Bertz CT molecular complexity index is 625. The fourth-order valence-corrected chi connectivity index (χ4v) is 1.34. The highest BCUT2D eigenvalue weighted by Gasteiger charge is 2.12. The van der Waals surface area contributed by atoms with E-state index in [1.807, 2.05) is 0 Å². The van der Waals surface area contributed by atoms with Crippen molar-refractivity contribution < 1.29 is 4.79 Å². The molecule has 2 rings (SSSR count). The molecule has 0 unspecified atom stereocenters. The summed E-state index contributed by atoms with van der Waals surface area (Å²) in [5, 5.41) is 2.54. The van der Waals surface area contributed by atoms with Gasteiger partial charge < -0.3 is 4.57 Å². The second kappa shape index (κ2) is 4.00. The van der Waals surface area contributed by atoms with Crippen molar-refractivity contribution in [3.05, 3.63) is 16.7 Å². The maximum absolute atomic E-state index is 11.6. The van der Waals surface area contributed by atoms with Crippen LogP contribution in [-0.2, 0) is 11.8 Å². The number of imidazole rings is 1. The van der Waals surface area contributed by atoms with Crippen LogP contribution in [0.1, 0.15) is 13.8 Å². The molecule has 2 aromatic heterocycles. The number of aromatic nitrogens is 4. The molecule has 0 aromatic carbocycles. The van der Waals surface area contributed by atoms with E-state index in [4.69, 9.17) is 0 Å². The molecule has 2 heterocycles. The van der Waals surface area contributed by atoms with Crippen LogP contribution in [0.5, 0.6) is 0 Å². The number of amides is 1. The summed E-state index contributed by atoms with van der Waals surface area (Å²) in [6, 6.07) is 0. The molecule has 0 atom stereocenters. The lowest BCUT2D eigenvalue weighted by Gasteiger charge is -2.06. The topological polar surface area (TPSA) is 92.7 Å². The number of rotatable bonds is 2. The Morgan fingerprint density at radius 3 is 2.88 bits per heavy atom. The van der Waals surface area contributed by atoms with Gasteiger partial charge in [0.25, 0.3) is 5.56 Å².